The van der Waals surface area contributed by atoms with Gasteiger partial charge in [-0.2, -0.15) is 0 Å². The van der Waals surface area contributed by atoms with Crippen LogP contribution in [0.3, 0.4) is 0 Å². The number of aromatic nitrogens is 2. The highest BCUT2D eigenvalue weighted by molar-refractivity contribution is 6.31. The van der Waals surface area contributed by atoms with Crippen LogP contribution in [0, 0.1) is 6.92 Å². The molecule has 0 aliphatic carbocycles. The molecule has 1 heterocycles. The lowest BCUT2D eigenvalue weighted by Crippen LogP contribution is -2.26. The number of rotatable bonds is 8. The van der Waals surface area contributed by atoms with E-state index in [2.05, 4.69) is 20.6 Å². The number of hydrogen-bond donors (Lipinski definition) is 2. The number of nitrogens with one attached hydrogen (secondary N) is 2. The van der Waals surface area contributed by atoms with E-state index in [-0.39, 0.29) is 11.6 Å². The topological polar surface area (TPSA) is 85.4 Å². The fourth-order valence-electron chi connectivity index (χ4n) is 2.10. The van der Waals surface area contributed by atoms with Crippen LogP contribution in [-0.2, 0) is 4.74 Å². The molecule has 0 atom stereocenters. The highest BCUT2D eigenvalue weighted by Gasteiger charge is 2.11. The van der Waals surface area contributed by atoms with Gasteiger partial charge in [0.2, 0.25) is 5.95 Å². The Labute approximate surface area is 151 Å². The number of carbonyl (C=O) groups excluding carboxylic acids is 1. The molecule has 0 fully saturated rings. The average Bonchev–Trinajstić information content (AvgIpc) is 2.61. The minimum atomic E-state index is -0.263. The molecule has 0 radical (unpaired) electrons. The molecule has 25 heavy (non-hydrogen) atoms. The molecule has 1 aromatic carbocycles. The van der Waals surface area contributed by atoms with Crippen molar-refractivity contribution in [3.05, 3.63) is 40.7 Å². The fourth-order valence-corrected chi connectivity index (χ4v) is 2.26. The van der Waals surface area contributed by atoms with Crippen LogP contribution in [-0.4, -0.2) is 43.2 Å². The monoisotopic (exact) mass is 364 g/mol. The van der Waals surface area contributed by atoms with E-state index in [1.165, 1.54) is 6.20 Å². The lowest BCUT2D eigenvalue weighted by Gasteiger charge is -2.12. The SMILES string of the molecule is COCCCNC(=O)c1ccnc(Nc2cc(C)c(Cl)cc2OC)n1. The molecule has 0 spiro atoms. The summed E-state index contributed by atoms with van der Waals surface area (Å²) in [6, 6.07) is 5.11. The van der Waals surface area contributed by atoms with Crippen LogP contribution in [0.2, 0.25) is 5.02 Å². The second-order valence-corrected chi connectivity index (χ2v) is 5.70. The first-order valence-electron chi connectivity index (χ1n) is 7.76. The summed E-state index contributed by atoms with van der Waals surface area (Å²) >= 11 is 6.10. The van der Waals surface area contributed by atoms with E-state index in [1.54, 1.807) is 26.4 Å². The van der Waals surface area contributed by atoms with E-state index in [1.807, 2.05) is 13.0 Å². The van der Waals surface area contributed by atoms with Crippen LogP contribution in [0.5, 0.6) is 5.75 Å². The molecule has 1 aromatic heterocycles. The fraction of sp³-hybridized carbons (Fsp3) is 0.353. The van der Waals surface area contributed by atoms with Gasteiger partial charge in [0, 0.05) is 37.5 Å². The predicted molar refractivity (Wildman–Crippen MR) is 96.9 cm³/mol. The molecule has 0 aliphatic rings. The van der Waals surface area contributed by atoms with E-state index >= 15 is 0 Å². The number of amides is 1. The average molecular weight is 365 g/mol. The summed E-state index contributed by atoms with van der Waals surface area (Å²) in [7, 11) is 3.17. The molecular weight excluding hydrogens is 344 g/mol. The quantitative estimate of drug-likeness (QED) is 0.700. The molecule has 1 amide bonds. The first-order chi connectivity index (χ1) is 12.0. The highest BCUT2D eigenvalue weighted by atomic mass is 35.5. The maximum absolute atomic E-state index is 12.1. The molecule has 2 rings (SSSR count). The van der Waals surface area contributed by atoms with Crippen LogP contribution in [0.4, 0.5) is 11.6 Å². The number of benzene rings is 1. The lowest BCUT2D eigenvalue weighted by molar-refractivity contribution is 0.0943. The zero-order chi connectivity index (χ0) is 18.2. The molecule has 0 aliphatic heterocycles. The van der Waals surface area contributed by atoms with E-state index in [4.69, 9.17) is 21.1 Å². The van der Waals surface area contributed by atoms with E-state index in [0.717, 1.165) is 12.0 Å². The number of carbonyl (C=O) groups is 1. The number of nitrogens with zero attached hydrogens (tertiary/aromatic N) is 2. The van der Waals surface area contributed by atoms with Gasteiger partial charge in [-0.15, -0.1) is 0 Å². The maximum Gasteiger partial charge on any atom is 0.270 e. The van der Waals surface area contributed by atoms with Crippen molar-refractivity contribution in [2.45, 2.75) is 13.3 Å². The molecule has 7 nitrogen and oxygen atoms in total. The first-order valence-corrected chi connectivity index (χ1v) is 8.14. The predicted octanol–water partition coefficient (Wildman–Crippen LogP) is 2.96. The van der Waals surface area contributed by atoms with Gasteiger partial charge in [-0.1, -0.05) is 11.6 Å². The van der Waals surface area contributed by atoms with E-state index in [0.29, 0.717) is 35.6 Å². The van der Waals surface area contributed by atoms with Crippen molar-refractivity contribution in [1.82, 2.24) is 15.3 Å². The molecule has 0 saturated heterocycles. The number of halogens is 1. The van der Waals surface area contributed by atoms with Crippen molar-refractivity contribution in [3.63, 3.8) is 0 Å². The van der Waals surface area contributed by atoms with Gasteiger partial charge in [-0.3, -0.25) is 4.79 Å². The van der Waals surface area contributed by atoms with E-state index < -0.39 is 0 Å². The summed E-state index contributed by atoms with van der Waals surface area (Å²) in [5, 5.41) is 6.45. The van der Waals surface area contributed by atoms with Gasteiger partial charge in [0.25, 0.3) is 5.91 Å². The Bertz CT molecular complexity index is 740. The molecule has 0 saturated carbocycles. The van der Waals surface area contributed by atoms with Crippen LogP contribution >= 0.6 is 11.6 Å². The Kier molecular flexibility index (Phi) is 6.97. The summed E-state index contributed by atoms with van der Waals surface area (Å²) in [5.74, 6) is 0.596. The molecule has 2 N–H and O–H groups in total. The van der Waals surface area contributed by atoms with E-state index in [9.17, 15) is 4.79 Å². The third-order valence-corrected chi connectivity index (χ3v) is 3.83. The van der Waals surface area contributed by atoms with Crippen LogP contribution < -0.4 is 15.4 Å². The summed E-state index contributed by atoms with van der Waals surface area (Å²) in [5.41, 5.74) is 1.83. The number of aryl methyl sites for hydroxylation is 1. The van der Waals surface area contributed by atoms with Crippen molar-refractivity contribution in [3.8, 4) is 5.75 Å². The summed E-state index contributed by atoms with van der Waals surface area (Å²) in [6.07, 6.45) is 2.26. The van der Waals surface area contributed by atoms with Gasteiger partial charge in [0.1, 0.15) is 11.4 Å². The summed E-state index contributed by atoms with van der Waals surface area (Å²) < 4.78 is 10.3. The lowest BCUT2D eigenvalue weighted by atomic mass is 10.2. The van der Waals surface area contributed by atoms with Gasteiger partial charge < -0.3 is 20.1 Å². The third kappa shape index (κ3) is 5.30. The number of ether oxygens (including phenoxy) is 2. The Morgan fingerprint density at radius 2 is 2.12 bits per heavy atom. The largest absolute Gasteiger partial charge is 0.495 e. The molecule has 0 unspecified atom stereocenters. The maximum atomic E-state index is 12.1. The zero-order valence-electron chi connectivity index (χ0n) is 14.4. The Balaban J connectivity index is 2.11. The summed E-state index contributed by atoms with van der Waals surface area (Å²) in [6.45, 7) is 2.99. The Morgan fingerprint density at radius 3 is 2.84 bits per heavy atom. The number of hydrogen-bond acceptors (Lipinski definition) is 6. The Hall–Kier alpha value is -2.38. The normalized spacial score (nSPS) is 10.4. The zero-order valence-corrected chi connectivity index (χ0v) is 15.2. The van der Waals surface area contributed by atoms with Crippen molar-refractivity contribution in [2.75, 3.05) is 32.7 Å². The Morgan fingerprint density at radius 1 is 1.32 bits per heavy atom. The van der Waals surface area contributed by atoms with Crippen LogP contribution in [0.1, 0.15) is 22.5 Å². The smallest absolute Gasteiger partial charge is 0.270 e. The second-order valence-electron chi connectivity index (χ2n) is 5.29. The minimum absolute atomic E-state index is 0.263. The number of anilines is 2. The van der Waals surface area contributed by atoms with Crippen molar-refractivity contribution < 1.29 is 14.3 Å². The first kappa shape index (κ1) is 19.0. The second kappa shape index (κ2) is 9.19. The van der Waals surface area contributed by atoms with Crippen molar-refractivity contribution >= 4 is 29.1 Å². The van der Waals surface area contributed by atoms with Gasteiger partial charge in [-0.05, 0) is 31.0 Å². The van der Waals surface area contributed by atoms with Crippen LogP contribution in [0.15, 0.2) is 24.4 Å². The number of methoxy groups -OCH3 is 2. The highest BCUT2D eigenvalue weighted by Crippen LogP contribution is 2.32. The molecule has 2 aromatic rings. The molecule has 8 heteroatoms. The molecule has 0 bridgehead atoms. The van der Waals surface area contributed by atoms with Gasteiger partial charge in [0.05, 0.1) is 12.8 Å². The van der Waals surface area contributed by atoms with Gasteiger partial charge >= 0.3 is 0 Å². The van der Waals surface area contributed by atoms with Crippen molar-refractivity contribution in [1.29, 1.82) is 0 Å². The van der Waals surface area contributed by atoms with Gasteiger partial charge in [-0.25, -0.2) is 9.97 Å². The third-order valence-electron chi connectivity index (χ3n) is 3.43. The molecule has 134 valence electrons. The summed E-state index contributed by atoms with van der Waals surface area (Å²) in [4.78, 5) is 20.5. The minimum Gasteiger partial charge on any atom is -0.495 e. The van der Waals surface area contributed by atoms with Gasteiger partial charge in [0.15, 0.2) is 0 Å². The van der Waals surface area contributed by atoms with Crippen molar-refractivity contribution in [2.24, 2.45) is 0 Å². The molecular formula is C17H21ClN4O3. The standard InChI is InChI=1S/C17H21ClN4O3/c1-11-9-14(15(25-3)10-12(11)18)22-17-20-7-5-13(21-17)16(23)19-6-4-8-24-2/h5,7,9-10H,4,6,8H2,1-3H3,(H,19,23)(H,20,21,22). The van der Waals surface area contributed by atoms with Crippen LogP contribution in [0.25, 0.3) is 0 Å².